The molecule has 0 bridgehead atoms. The fourth-order valence-electron chi connectivity index (χ4n) is 7.32. The Morgan fingerprint density at radius 1 is 0.421 bits per heavy atom. The number of rotatable bonds is 44. The lowest BCUT2D eigenvalue weighted by Gasteiger charge is -2.27. The molecule has 6 nitrogen and oxygen atoms in total. The van der Waals surface area contributed by atoms with Gasteiger partial charge in [-0.3, -0.25) is 4.79 Å². The van der Waals surface area contributed by atoms with E-state index >= 15 is 0 Å². The minimum Gasteiger partial charge on any atom is -0.394 e. The number of allylic oxidation sites excluding steroid dienone is 8. The first kappa shape index (κ1) is 55.3. The molecule has 0 aliphatic carbocycles. The average molecular weight is 802 g/mol. The number of carbonyl (C=O) groups is 1. The van der Waals surface area contributed by atoms with Crippen molar-refractivity contribution in [3.63, 3.8) is 0 Å². The maximum absolute atomic E-state index is 12.5. The molecule has 4 unspecified atom stereocenters. The molecule has 0 saturated heterocycles. The Labute approximate surface area is 353 Å². The van der Waals surface area contributed by atoms with Gasteiger partial charge in [0.05, 0.1) is 18.8 Å². The number of nitrogens with one attached hydrogen (secondary N) is 1. The predicted octanol–water partition coefficient (Wildman–Crippen LogP) is 13.5. The van der Waals surface area contributed by atoms with E-state index in [1.165, 1.54) is 148 Å². The number of unbranched alkanes of at least 4 members (excludes halogenated alkanes) is 27. The normalized spacial score (nSPS) is 14.4. The van der Waals surface area contributed by atoms with E-state index in [0.29, 0.717) is 19.3 Å². The van der Waals surface area contributed by atoms with Gasteiger partial charge in [0.25, 0.3) is 0 Å². The minimum absolute atomic E-state index is 0.357. The predicted molar refractivity (Wildman–Crippen MR) is 247 cm³/mol. The van der Waals surface area contributed by atoms with Crippen molar-refractivity contribution >= 4 is 5.91 Å². The fraction of sp³-hybridized carbons (Fsp3) is 0.824. The van der Waals surface area contributed by atoms with E-state index < -0.39 is 36.9 Å². The molecule has 0 saturated carbocycles. The monoisotopic (exact) mass is 802 g/mol. The van der Waals surface area contributed by atoms with Gasteiger partial charge in [0.15, 0.2) is 0 Å². The van der Waals surface area contributed by atoms with Crippen LogP contribution in [0.25, 0.3) is 0 Å². The second kappa shape index (κ2) is 45.4. The summed E-state index contributed by atoms with van der Waals surface area (Å²) in [4.78, 5) is 12.5. The summed E-state index contributed by atoms with van der Waals surface area (Å²) in [6, 6.07) is -1.01. The number of aliphatic hydroxyl groups excluding tert-OH is 4. The molecule has 0 aromatic carbocycles. The highest BCUT2D eigenvalue weighted by atomic mass is 16.3. The van der Waals surface area contributed by atoms with Crippen LogP contribution >= 0.6 is 0 Å². The first-order chi connectivity index (χ1) is 28.0. The van der Waals surface area contributed by atoms with Crippen LogP contribution in [0.3, 0.4) is 0 Å². The van der Waals surface area contributed by atoms with Gasteiger partial charge in [-0.1, -0.05) is 204 Å². The summed E-state index contributed by atoms with van der Waals surface area (Å²) < 4.78 is 0. The molecule has 0 aliphatic rings. The molecule has 0 aromatic heterocycles. The molecule has 0 aromatic rings. The van der Waals surface area contributed by atoms with Gasteiger partial charge in [-0.05, 0) is 83.5 Å². The zero-order valence-electron chi connectivity index (χ0n) is 37.6. The molecular weight excluding hydrogens is 707 g/mol. The van der Waals surface area contributed by atoms with Crippen LogP contribution in [0.2, 0.25) is 0 Å². The van der Waals surface area contributed by atoms with Crippen molar-refractivity contribution in [1.82, 2.24) is 5.32 Å². The van der Waals surface area contributed by atoms with Gasteiger partial charge in [-0.25, -0.2) is 0 Å². The third-order valence-electron chi connectivity index (χ3n) is 11.2. The minimum atomic E-state index is -1.29. The molecule has 0 rings (SSSR count). The maximum atomic E-state index is 12.5. The molecular formula is C51H95NO5. The SMILES string of the molecule is CCC/C=C/CC/C=C/CC/C=C/CCCC(O)C(O)C(CO)NC(=O)C(O)CCCCCCCCCCCCC/C=C\CCCCCCCCCCCCCC. The van der Waals surface area contributed by atoms with Crippen LogP contribution in [-0.2, 0) is 4.79 Å². The van der Waals surface area contributed by atoms with Crippen molar-refractivity contribution in [2.75, 3.05) is 6.61 Å². The van der Waals surface area contributed by atoms with Crippen molar-refractivity contribution in [2.24, 2.45) is 0 Å². The first-order valence-corrected chi connectivity index (χ1v) is 24.5. The van der Waals surface area contributed by atoms with Crippen molar-refractivity contribution in [2.45, 2.75) is 263 Å². The first-order valence-electron chi connectivity index (χ1n) is 24.5. The summed E-state index contributed by atoms with van der Waals surface area (Å²) in [5.41, 5.74) is 0. The zero-order chi connectivity index (χ0) is 41.7. The molecule has 0 aliphatic heterocycles. The Hall–Kier alpha value is -1.73. The summed E-state index contributed by atoms with van der Waals surface area (Å²) >= 11 is 0. The third kappa shape index (κ3) is 39.5. The Morgan fingerprint density at radius 3 is 1.18 bits per heavy atom. The van der Waals surface area contributed by atoms with Gasteiger partial charge in [0.2, 0.25) is 5.91 Å². The van der Waals surface area contributed by atoms with Crippen LogP contribution in [0.1, 0.15) is 239 Å². The smallest absolute Gasteiger partial charge is 0.249 e. The molecule has 4 atom stereocenters. The fourth-order valence-corrected chi connectivity index (χ4v) is 7.32. The Kier molecular flexibility index (Phi) is 44.0. The van der Waals surface area contributed by atoms with Crippen molar-refractivity contribution in [3.05, 3.63) is 48.6 Å². The van der Waals surface area contributed by atoms with Crippen LogP contribution in [0.5, 0.6) is 0 Å². The Balaban J connectivity index is 3.69. The molecule has 0 radical (unpaired) electrons. The second-order valence-electron chi connectivity index (χ2n) is 16.8. The van der Waals surface area contributed by atoms with Crippen LogP contribution in [0, 0.1) is 0 Å². The average Bonchev–Trinajstić information content (AvgIpc) is 3.22. The lowest BCUT2D eigenvalue weighted by atomic mass is 10.00. The van der Waals surface area contributed by atoms with Gasteiger partial charge in [-0.2, -0.15) is 0 Å². The summed E-state index contributed by atoms with van der Waals surface area (Å²) in [6.07, 6.45) is 55.9. The quantitative estimate of drug-likeness (QED) is 0.0311. The number of hydrogen-bond acceptors (Lipinski definition) is 5. The molecule has 0 spiro atoms. The topological polar surface area (TPSA) is 110 Å². The standard InChI is InChI=1S/C51H95NO5/c1-3-5-7-9-11-13-15-17-19-20-21-22-23-24-25-26-27-28-29-30-31-33-35-37-39-41-43-45-49(55)51(57)52-47(46-53)50(56)48(54)44-42-40-38-36-34-32-18-16-14-12-10-8-6-4-2/h8,10,16,18,24-25,36,38,47-50,53-56H,3-7,9,11-15,17,19-23,26-35,37,39-46H2,1-2H3,(H,52,57)/b10-8+,18-16+,25-24-,38-36+. The van der Waals surface area contributed by atoms with Crippen LogP contribution in [0.4, 0.5) is 0 Å². The van der Waals surface area contributed by atoms with E-state index in [-0.39, 0.29) is 0 Å². The molecule has 0 heterocycles. The van der Waals surface area contributed by atoms with Gasteiger partial charge in [0, 0.05) is 0 Å². The van der Waals surface area contributed by atoms with Crippen molar-refractivity contribution in [3.8, 4) is 0 Å². The van der Waals surface area contributed by atoms with E-state index in [4.69, 9.17) is 0 Å². The highest BCUT2D eigenvalue weighted by Crippen LogP contribution is 2.16. The Bertz CT molecular complexity index is 946. The Morgan fingerprint density at radius 2 is 0.772 bits per heavy atom. The summed E-state index contributed by atoms with van der Waals surface area (Å²) in [6.45, 7) is 3.97. The molecule has 5 N–H and O–H groups in total. The molecule has 334 valence electrons. The van der Waals surface area contributed by atoms with E-state index in [9.17, 15) is 25.2 Å². The lowest BCUT2D eigenvalue weighted by Crippen LogP contribution is -2.53. The molecule has 6 heteroatoms. The van der Waals surface area contributed by atoms with Crippen molar-refractivity contribution in [1.29, 1.82) is 0 Å². The highest BCUT2D eigenvalue weighted by molar-refractivity contribution is 5.80. The second-order valence-corrected chi connectivity index (χ2v) is 16.8. The van der Waals surface area contributed by atoms with Gasteiger partial charge >= 0.3 is 0 Å². The lowest BCUT2D eigenvalue weighted by molar-refractivity contribution is -0.132. The number of hydrogen-bond donors (Lipinski definition) is 5. The largest absolute Gasteiger partial charge is 0.394 e. The van der Waals surface area contributed by atoms with E-state index in [1.807, 2.05) is 0 Å². The third-order valence-corrected chi connectivity index (χ3v) is 11.2. The van der Waals surface area contributed by atoms with E-state index in [0.717, 1.165) is 57.8 Å². The van der Waals surface area contributed by atoms with E-state index in [1.54, 1.807) is 0 Å². The number of amides is 1. The molecule has 1 amide bonds. The van der Waals surface area contributed by atoms with Gasteiger partial charge in [-0.15, -0.1) is 0 Å². The van der Waals surface area contributed by atoms with Gasteiger partial charge < -0.3 is 25.7 Å². The summed E-state index contributed by atoms with van der Waals surface area (Å²) in [7, 11) is 0. The molecule has 0 fully saturated rings. The summed E-state index contributed by atoms with van der Waals surface area (Å²) in [5, 5.41) is 43.7. The van der Waals surface area contributed by atoms with Crippen LogP contribution in [-0.4, -0.2) is 57.3 Å². The van der Waals surface area contributed by atoms with Crippen molar-refractivity contribution < 1.29 is 25.2 Å². The zero-order valence-corrected chi connectivity index (χ0v) is 37.6. The number of carbonyl (C=O) groups excluding carboxylic acids is 1. The summed E-state index contributed by atoms with van der Waals surface area (Å²) in [5.74, 6) is -0.601. The van der Waals surface area contributed by atoms with Gasteiger partial charge in [0.1, 0.15) is 12.2 Å². The molecule has 57 heavy (non-hydrogen) atoms. The van der Waals surface area contributed by atoms with Crippen LogP contribution in [0.15, 0.2) is 48.6 Å². The number of aliphatic hydroxyl groups is 4. The highest BCUT2D eigenvalue weighted by Gasteiger charge is 2.28. The van der Waals surface area contributed by atoms with Crippen LogP contribution < -0.4 is 5.32 Å². The maximum Gasteiger partial charge on any atom is 0.249 e. The van der Waals surface area contributed by atoms with E-state index in [2.05, 4.69) is 67.8 Å².